The zero-order valence-corrected chi connectivity index (χ0v) is 11.8. The van der Waals surface area contributed by atoms with Gasteiger partial charge in [-0.25, -0.2) is 13.1 Å². The molecular formula is C13H16N4O2S. The fourth-order valence-electron chi connectivity index (χ4n) is 1.98. The highest BCUT2D eigenvalue weighted by atomic mass is 32.2. The third-order valence-electron chi connectivity index (χ3n) is 3.25. The van der Waals surface area contributed by atoms with E-state index in [-0.39, 0.29) is 5.25 Å². The number of aromatic nitrogens is 3. The SMILES string of the molecule is O=S(=O)(NCCn1cc(-c2ccncc2)cn1)C1CC1. The van der Waals surface area contributed by atoms with Crippen LogP contribution in [0.2, 0.25) is 0 Å². The Morgan fingerprint density at radius 1 is 1.25 bits per heavy atom. The van der Waals surface area contributed by atoms with Crippen LogP contribution in [-0.2, 0) is 16.6 Å². The van der Waals surface area contributed by atoms with Crippen molar-refractivity contribution in [2.75, 3.05) is 6.54 Å². The van der Waals surface area contributed by atoms with E-state index < -0.39 is 10.0 Å². The number of hydrogen-bond donors (Lipinski definition) is 1. The van der Waals surface area contributed by atoms with Crippen molar-refractivity contribution in [3.63, 3.8) is 0 Å². The van der Waals surface area contributed by atoms with Gasteiger partial charge in [-0.3, -0.25) is 9.67 Å². The van der Waals surface area contributed by atoms with Gasteiger partial charge in [-0.05, 0) is 30.5 Å². The minimum atomic E-state index is -3.10. The summed E-state index contributed by atoms with van der Waals surface area (Å²) in [6.07, 6.45) is 8.70. The Kier molecular flexibility index (Phi) is 3.54. The van der Waals surface area contributed by atoms with Gasteiger partial charge in [0.1, 0.15) is 0 Å². The van der Waals surface area contributed by atoms with Gasteiger partial charge in [0.25, 0.3) is 0 Å². The largest absolute Gasteiger partial charge is 0.271 e. The fourth-order valence-corrected chi connectivity index (χ4v) is 3.35. The van der Waals surface area contributed by atoms with E-state index in [1.54, 1.807) is 23.3 Å². The number of sulfonamides is 1. The molecule has 1 N–H and O–H groups in total. The molecule has 0 bridgehead atoms. The summed E-state index contributed by atoms with van der Waals surface area (Å²) in [4.78, 5) is 3.97. The van der Waals surface area contributed by atoms with E-state index in [1.165, 1.54) is 0 Å². The zero-order valence-electron chi connectivity index (χ0n) is 10.9. The smallest absolute Gasteiger partial charge is 0.214 e. The average Bonchev–Trinajstić information content (AvgIpc) is 3.21. The lowest BCUT2D eigenvalue weighted by Gasteiger charge is -2.05. The van der Waals surface area contributed by atoms with E-state index >= 15 is 0 Å². The molecule has 1 aliphatic carbocycles. The van der Waals surface area contributed by atoms with Gasteiger partial charge in [-0.2, -0.15) is 5.10 Å². The van der Waals surface area contributed by atoms with Gasteiger partial charge in [0.2, 0.25) is 10.0 Å². The molecule has 6 nitrogen and oxygen atoms in total. The van der Waals surface area contributed by atoms with Crippen molar-refractivity contribution in [2.45, 2.75) is 24.6 Å². The summed E-state index contributed by atoms with van der Waals surface area (Å²) in [6.45, 7) is 0.896. The van der Waals surface area contributed by atoms with Crippen LogP contribution in [0.5, 0.6) is 0 Å². The van der Waals surface area contributed by atoms with Crippen LogP contribution in [0.3, 0.4) is 0 Å². The van der Waals surface area contributed by atoms with Crippen LogP contribution >= 0.6 is 0 Å². The molecule has 0 aliphatic heterocycles. The Labute approximate surface area is 117 Å². The number of pyridine rings is 1. The molecule has 0 unspecified atom stereocenters. The molecule has 0 spiro atoms. The van der Waals surface area contributed by atoms with Crippen LogP contribution < -0.4 is 4.72 Å². The first-order valence-corrected chi connectivity index (χ1v) is 8.11. The van der Waals surface area contributed by atoms with Gasteiger partial charge in [-0.15, -0.1) is 0 Å². The summed E-state index contributed by atoms with van der Waals surface area (Å²) in [7, 11) is -3.10. The summed E-state index contributed by atoms with van der Waals surface area (Å²) < 4.78 is 27.7. The minimum Gasteiger partial charge on any atom is -0.271 e. The lowest BCUT2D eigenvalue weighted by atomic mass is 10.1. The molecule has 0 aromatic carbocycles. The Hall–Kier alpha value is -1.73. The second-order valence-corrected chi connectivity index (χ2v) is 6.91. The molecule has 106 valence electrons. The van der Waals surface area contributed by atoms with Crippen LogP contribution in [0, 0.1) is 0 Å². The van der Waals surface area contributed by atoms with Gasteiger partial charge < -0.3 is 0 Å². The standard InChI is InChI=1S/C13H16N4O2S/c18-20(19,13-1-2-13)16-7-8-17-10-12(9-15-17)11-3-5-14-6-4-11/h3-6,9-10,13,16H,1-2,7-8H2. The quantitative estimate of drug-likeness (QED) is 0.862. The average molecular weight is 292 g/mol. The molecule has 0 atom stereocenters. The second-order valence-electron chi connectivity index (χ2n) is 4.87. The maximum atomic E-state index is 11.7. The third-order valence-corrected chi connectivity index (χ3v) is 5.21. The second kappa shape index (κ2) is 5.34. The molecule has 1 aliphatic rings. The summed E-state index contributed by atoms with van der Waals surface area (Å²) >= 11 is 0. The van der Waals surface area contributed by atoms with Crippen LogP contribution in [0.4, 0.5) is 0 Å². The van der Waals surface area contributed by atoms with E-state index in [0.29, 0.717) is 13.1 Å². The molecule has 0 radical (unpaired) electrons. The normalized spacial score (nSPS) is 15.4. The van der Waals surface area contributed by atoms with Gasteiger partial charge in [-0.1, -0.05) is 0 Å². The van der Waals surface area contributed by atoms with E-state index in [4.69, 9.17) is 0 Å². The third kappa shape index (κ3) is 3.05. The van der Waals surface area contributed by atoms with Gasteiger partial charge in [0.05, 0.1) is 18.0 Å². The summed E-state index contributed by atoms with van der Waals surface area (Å²) in [5.74, 6) is 0. The Balaban J connectivity index is 1.58. The highest BCUT2D eigenvalue weighted by Gasteiger charge is 2.35. The van der Waals surface area contributed by atoms with Crippen LogP contribution in [0.1, 0.15) is 12.8 Å². The summed E-state index contributed by atoms with van der Waals surface area (Å²) in [6, 6.07) is 3.83. The highest BCUT2D eigenvalue weighted by molar-refractivity contribution is 7.90. The molecular weight excluding hydrogens is 276 g/mol. The molecule has 20 heavy (non-hydrogen) atoms. The van der Waals surface area contributed by atoms with E-state index in [1.807, 2.05) is 18.3 Å². The Morgan fingerprint density at radius 2 is 2.00 bits per heavy atom. The first-order valence-electron chi connectivity index (χ1n) is 6.56. The molecule has 3 rings (SSSR count). The first-order chi connectivity index (χ1) is 9.65. The van der Waals surface area contributed by atoms with E-state index in [0.717, 1.165) is 24.0 Å². The molecule has 7 heteroatoms. The van der Waals surface area contributed by atoms with Gasteiger partial charge in [0, 0.05) is 30.7 Å². The molecule has 2 heterocycles. The molecule has 1 fully saturated rings. The van der Waals surface area contributed by atoms with E-state index in [2.05, 4.69) is 14.8 Å². The molecule has 0 saturated heterocycles. The summed E-state index contributed by atoms with van der Waals surface area (Å²) in [5.41, 5.74) is 2.04. The Morgan fingerprint density at radius 3 is 2.70 bits per heavy atom. The Bertz CT molecular complexity index is 677. The fraction of sp³-hybridized carbons (Fsp3) is 0.385. The zero-order chi connectivity index (χ0) is 14.0. The van der Waals surface area contributed by atoms with Gasteiger partial charge >= 0.3 is 0 Å². The molecule has 2 aromatic heterocycles. The van der Waals surface area contributed by atoms with Crippen molar-refractivity contribution in [3.05, 3.63) is 36.9 Å². The van der Waals surface area contributed by atoms with E-state index in [9.17, 15) is 8.42 Å². The number of nitrogens with one attached hydrogen (secondary N) is 1. The monoisotopic (exact) mass is 292 g/mol. The maximum Gasteiger partial charge on any atom is 0.214 e. The van der Waals surface area contributed by atoms with Crippen molar-refractivity contribution < 1.29 is 8.42 Å². The molecule has 1 saturated carbocycles. The van der Waals surface area contributed by atoms with Crippen LogP contribution in [0.15, 0.2) is 36.9 Å². The number of rotatable bonds is 6. The first kappa shape index (κ1) is 13.3. The number of nitrogens with zero attached hydrogens (tertiary/aromatic N) is 3. The van der Waals surface area contributed by atoms with Gasteiger partial charge in [0.15, 0.2) is 0 Å². The van der Waals surface area contributed by atoms with Crippen LogP contribution in [0.25, 0.3) is 11.1 Å². The van der Waals surface area contributed by atoms with Crippen molar-refractivity contribution in [3.8, 4) is 11.1 Å². The highest BCUT2D eigenvalue weighted by Crippen LogP contribution is 2.27. The number of hydrogen-bond acceptors (Lipinski definition) is 4. The lowest BCUT2D eigenvalue weighted by Crippen LogP contribution is -2.30. The van der Waals surface area contributed by atoms with Crippen molar-refractivity contribution in [1.82, 2.24) is 19.5 Å². The predicted molar refractivity (Wildman–Crippen MR) is 75.4 cm³/mol. The predicted octanol–water partition coefficient (Wildman–Crippen LogP) is 1.03. The van der Waals surface area contributed by atoms with Crippen molar-refractivity contribution in [2.24, 2.45) is 0 Å². The van der Waals surface area contributed by atoms with Crippen molar-refractivity contribution in [1.29, 1.82) is 0 Å². The van der Waals surface area contributed by atoms with Crippen molar-refractivity contribution >= 4 is 10.0 Å². The lowest BCUT2D eigenvalue weighted by molar-refractivity contribution is 0.560. The van der Waals surface area contributed by atoms with Crippen LogP contribution in [-0.4, -0.2) is 35.0 Å². The maximum absolute atomic E-state index is 11.7. The topological polar surface area (TPSA) is 76.9 Å². The molecule has 0 amide bonds. The minimum absolute atomic E-state index is 0.174. The summed E-state index contributed by atoms with van der Waals surface area (Å²) in [5, 5.41) is 4.06. The molecule has 2 aromatic rings.